The van der Waals surface area contributed by atoms with Crippen LogP contribution in [-0.4, -0.2) is 25.9 Å². The summed E-state index contributed by atoms with van der Waals surface area (Å²) < 4.78 is 1.89. The highest BCUT2D eigenvalue weighted by Crippen LogP contribution is 2.27. The van der Waals surface area contributed by atoms with Crippen LogP contribution < -0.4 is 5.32 Å². The molecule has 0 saturated heterocycles. The van der Waals surface area contributed by atoms with Gasteiger partial charge in [0.2, 0.25) is 5.91 Å². The number of hydrogen-bond acceptors (Lipinski definition) is 4. The molecule has 0 radical (unpaired) electrons. The standard InChI is InChI=1S/C20H22N4OS/c1-13-10-14(2)18(15(3)11-13)22-19(25)16(4)26-20-23-21-12-24(20)17-8-6-5-7-9-17/h5-12,16H,1-4H3,(H,22,25). The molecule has 26 heavy (non-hydrogen) atoms. The molecule has 0 fully saturated rings. The fourth-order valence-electron chi connectivity index (χ4n) is 2.88. The van der Waals surface area contributed by atoms with Crippen LogP contribution >= 0.6 is 11.8 Å². The molecule has 6 heteroatoms. The number of carbonyl (C=O) groups is 1. The Morgan fingerprint density at radius 2 is 1.77 bits per heavy atom. The highest BCUT2D eigenvalue weighted by atomic mass is 32.2. The van der Waals surface area contributed by atoms with Crippen molar-refractivity contribution in [2.75, 3.05) is 5.32 Å². The van der Waals surface area contributed by atoms with Gasteiger partial charge in [0.1, 0.15) is 6.33 Å². The van der Waals surface area contributed by atoms with Crippen molar-refractivity contribution in [2.24, 2.45) is 0 Å². The van der Waals surface area contributed by atoms with E-state index in [2.05, 4.69) is 34.6 Å². The van der Waals surface area contributed by atoms with Crippen molar-refractivity contribution >= 4 is 23.4 Å². The Morgan fingerprint density at radius 1 is 1.12 bits per heavy atom. The maximum Gasteiger partial charge on any atom is 0.237 e. The molecule has 0 aliphatic rings. The van der Waals surface area contributed by atoms with E-state index in [9.17, 15) is 4.79 Å². The van der Waals surface area contributed by atoms with Gasteiger partial charge in [0.15, 0.2) is 5.16 Å². The Labute approximate surface area is 157 Å². The van der Waals surface area contributed by atoms with E-state index in [1.165, 1.54) is 17.3 Å². The Morgan fingerprint density at radius 3 is 2.42 bits per heavy atom. The van der Waals surface area contributed by atoms with E-state index in [4.69, 9.17) is 0 Å². The molecule has 1 amide bonds. The number of amides is 1. The zero-order valence-corrected chi connectivity index (χ0v) is 16.2. The fraction of sp³-hybridized carbons (Fsp3) is 0.250. The Kier molecular flexibility index (Phi) is 5.42. The molecular weight excluding hydrogens is 344 g/mol. The van der Waals surface area contributed by atoms with Gasteiger partial charge in [-0.15, -0.1) is 10.2 Å². The number of aromatic nitrogens is 3. The molecule has 2 aromatic carbocycles. The molecule has 0 aliphatic heterocycles. The lowest BCUT2D eigenvalue weighted by molar-refractivity contribution is -0.115. The van der Waals surface area contributed by atoms with Crippen LogP contribution in [0.4, 0.5) is 5.69 Å². The monoisotopic (exact) mass is 366 g/mol. The smallest absolute Gasteiger partial charge is 0.237 e. The SMILES string of the molecule is Cc1cc(C)c(NC(=O)C(C)Sc2nncn2-c2ccccc2)c(C)c1. The van der Waals surface area contributed by atoms with Gasteiger partial charge in [-0.3, -0.25) is 9.36 Å². The van der Waals surface area contributed by atoms with E-state index < -0.39 is 0 Å². The van der Waals surface area contributed by atoms with Crippen molar-refractivity contribution in [3.8, 4) is 5.69 Å². The molecule has 0 aliphatic carbocycles. The van der Waals surface area contributed by atoms with Gasteiger partial charge in [0.25, 0.3) is 0 Å². The van der Waals surface area contributed by atoms with Crippen LogP contribution in [0.5, 0.6) is 0 Å². The average Bonchev–Trinajstić information content (AvgIpc) is 3.06. The molecule has 134 valence electrons. The number of anilines is 1. The summed E-state index contributed by atoms with van der Waals surface area (Å²) in [7, 11) is 0. The third kappa shape index (κ3) is 3.96. The molecule has 0 saturated carbocycles. The summed E-state index contributed by atoms with van der Waals surface area (Å²) in [5.74, 6) is -0.0485. The number of nitrogens with one attached hydrogen (secondary N) is 1. The minimum atomic E-state index is -0.304. The molecule has 0 bridgehead atoms. The number of carbonyl (C=O) groups excluding carboxylic acids is 1. The summed E-state index contributed by atoms with van der Waals surface area (Å²) >= 11 is 1.39. The van der Waals surface area contributed by atoms with Gasteiger partial charge in [0, 0.05) is 11.4 Å². The molecule has 3 rings (SSSR count). The van der Waals surface area contributed by atoms with Gasteiger partial charge in [-0.1, -0.05) is 47.7 Å². The molecular formula is C20H22N4OS. The van der Waals surface area contributed by atoms with E-state index >= 15 is 0 Å². The highest BCUT2D eigenvalue weighted by Gasteiger charge is 2.19. The quantitative estimate of drug-likeness (QED) is 0.684. The van der Waals surface area contributed by atoms with Gasteiger partial charge >= 0.3 is 0 Å². The number of hydrogen-bond donors (Lipinski definition) is 1. The summed E-state index contributed by atoms with van der Waals surface area (Å²) in [6, 6.07) is 14.0. The molecule has 5 nitrogen and oxygen atoms in total. The van der Waals surface area contributed by atoms with Crippen LogP contribution in [-0.2, 0) is 4.79 Å². The lowest BCUT2D eigenvalue weighted by Crippen LogP contribution is -2.23. The molecule has 1 heterocycles. The highest BCUT2D eigenvalue weighted by molar-refractivity contribution is 8.00. The predicted octanol–water partition coefficient (Wildman–Crippen LogP) is 4.31. The Hall–Kier alpha value is -2.60. The lowest BCUT2D eigenvalue weighted by Gasteiger charge is -2.16. The summed E-state index contributed by atoms with van der Waals surface area (Å²) in [5.41, 5.74) is 5.19. The van der Waals surface area contributed by atoms with Crippen molar-refractivity contribution in [1.82, 2.24) is 14.8 Å². The van der Waals surface area contributed by atoms with Crippen LogP contribution in [0.1, 0.15) is 23.6 Å². The molecule has 1 atom stereocenters. The topological polar surface area (TPSA) is 59.8 Å². The van der Waals surface area contributed by atoms with E-state index in [1.54, 1.807) is 6.33 Å². The Balaban J connectivity index is 1.74. The van der Waals surface area contributed by atoms with E-state index in [0.717, 1.165) is 22.5 Å². The average molecular weight is 366 g/mol. The van der Waals surface area contributed by atoms with Crippen molar-refractivity contribution < 1.29 is 4.79 Å². The number of aryl methyl sites for hydroxylation is 3. The normalized spacial score (nSPS) is 12.0. The summed E-state index contributed by atoms with van der Waals surface area (Å²) in [5, 5.41) is 11.6. The second-order valence-corrected chi connectivity index (χ2v) is 7.65. The van der Waals surface area contributed by atoms with Gasteiger partial charge < -0.3 is 5.32 Å². The number of thioether (sulfide) groups is 1. The number of para-hydroxylation sites is 1. The van der Waals surface area contributed by atoms with Crippen LogP contribution in [0.15, 0.2) is 53.9 Å². The molecule has 0 spiro atoms. The zero-order valence-electron chi connectivity index (χ0n) is 15.4. The lowest BCUT2D eigenvalue weighted by atomic mass is 10.1. The first-order chi connectivity index (χ1) is 12.5. The predicted molar refractivity (Wildman–Crippen MR) is 106 cm³/mol. The first-order valence-corrected chi connectivity index (χ1v) is 9.34. The first kappa shape index (κ1) is 18.2. The second-order valence-electron chi connectivity index (χ2n) is 6.34. The Bertz CT molecular complexity index is 898. The third-order valence-electron chi connectivity index (χ3n) is 4.13. The van der Waals surface area contributed by atoms with Gasteiger partial charge in [-0.05, 0) is 51.0 Å². The summed E-state index contributed by atoms with van der Waals surface area (Å²) in [6.07, 6.45) is 1.66. The van der Waals surface area contributed by atoms with E-state index in [0.29, 0.717) is 5.16 Å². The van der Waals surface area contributed by atoms with E-state index in [1.807, 2.05) is 55.7 Å². The van der Waals surface area contributed by atoms with Crippen LogP contribution in [0.3, 0.4) is 0 Å². The second kappa shape index (κ2) is 7.74. The molecule has 3 aromatic rings. The van der Waals surface area contributed by atoms with Gasteiger partial charge in [-0.25, -0.2) is 0 Å². The first-order valence-electron chi connectivity index (χ1n) is 8.46. The van der Waals surface area contributed by atoms with Crippen molar-refractivity contribution in [3.63, 3.8) is 0 Å². The van der Waals surface area contributed by atoms with Crippen LogP contribution in [0, 0.1) is 20.8 Å². The van der Waals surface area contributed by atoms with Crippen molar-refractivity contribution in [3.05, 3.63) is 65.5 Å². The molecule has 1 unspecified atom stereocenters. The van der Waals surface area contributed by atoms with Gasteiger partial charge in [-0.2, -0.15) is 0 Å². The number of nitrogens with zero attached hydrogens (tertiary/aromatic N) is 3. The molecule has 1 aromatic heterocycles. The van der Waals surface area contributed by atoms with E-state index in [-0.39, 0.29) is 11.2 Å². The van der Waals surface area contributed by atoms with Crippen LogP contribution in [0.2, 0.25) is 0 Å². The molecule has 1 N–H and O–H groups in total. The summed E-state index contributed by atoms with van der Waals surface area (Å²) in [6.45, 7) is 7.96. The number of rotatable bonds is 5. The zero-order chi connectivity index (χ0) is 18.7. The van der Waals surface area contributed by atoms with Gasteiger partial charge in [0.05, 0.1) is 5.25 Å². The third-order valence-corrected chi connectivity index (χ3v) is 5.18. The number of benzene rings is 2. The maximum atomic E-state index is 12.7. The summed E-state index contributed by atoms with van der Waals surface area (Å²) in [4.78, 5) is 12.7. The van der Waals surface area contributed by atoms with Crippen LogP contribution in [0.25, 0.3) is 5.69 Å². The minimum Gasteiger partial charge on any atom is -0.325 e. The largest absolute Gasteiger partial charge is 0.325 e. The minimum absolute atomic E-state index is 0.0485. The van der Waals surface area contributed by atoms with Crippen molar-refractivity contribution in [2.45, 2.75) is 38.1 Å². The fourth-order valence-corrected chi connectivity index (χ4v) is 3.73. The maximum absolute atomic E-state index is 12.7. The van der Waals surface area contributed by atoms with Crippen molar-refractivity contribution in [1.29, 1.82) is 0 Å².